The third kappa shape index (κ3) is 5.13. The van der Waals surface area contributed by atoms with Gasteiger partial charge in [0.05, 0.1) is 6.54 Å². The lowest BCUT2D eigenvalue weighted by atomic mass is 10.0. The molecule has 1 saturated heterocycles. The van der Waals surface area contributed by atoms with Gasteiger partial charge in [-0.25, -0.2) is 4.79 Å². The minimum atomic E-state index is 0.0153. The van der Waals surface area contributed by atoms with Crippen molar-refractivity contribution in [3.05, 3.63) is 29.8 Å². The molecule has 23 heavy (non-hydrogen) atoms. The number of urea groups is 1. The Labute approximate surface area is 139 Å². The molecule has 0 bridgehead atoms. The summed E-state index contributed by atoms with van der Waals surface area (Å²) < 4.78 is 5.83. The molecule has 0 atom stereocenters. The standard InChI is InChI=1S/C18H29N3O2/c1-4-20-10-12-21(13-11-20)18(22)19-9-14-23-17-8-6-5-7-16(17)15(2)3/h5-8,15H,4,9-14H2,1-3H3,(H,19,22). The Morgan fingerprint density at radius 2 is 1.91 bits per heavy atom. The number of para-hydroxylation sites is 1. The SMILES string of the molecule is CCN1CCN(C(=O)NCCOc2ccccc2C(C)C)CC1. The zero-order valence-corrected chi connectivity index (χ0v) is 14.5. The summed E-state index contributed by atoms with van der Waals surface area (Å²) in [6, 6.07) is 8.10. The third-order valence-corrected chi connectivity index (χ3v) is 4.28. The number of nitrogens with zero attached hydrogens (tertiary/aromatic N) is 2. The van der Waals surface area contributed by atoms with E-state index in [1.54, 1.807) is 0 Å². The lowest BCUT2D eigenvalue weighted by Crippen LogP contribution is -2.52. The zero-order chi connectivity index (χ0) is 16.7. The van der Waals surface area contributed by atoms with Crippen LogP contribution in [0.4, 0.5) is 4.79 Å². The summed E-state index contributed by atoms with van der Waals surface area (Å²) in [5.41, 5.74) is 1.20. The van der Waals surface area contributed by atoms with E-state index in [1.807, 2.05) is 23.1 Å². The van der Waals surface area contributed by atoms with Crippen LogP contribution in [0.1, 0.15) is 32.3 Å². The van der Waals surface area contributed by atoms with Gasteiger partial charge in [0.2, 0.25) is 0 Å². The van der Waals surface area contributed by atoms with Gasteiger partial charge in [0, 0.05) is 26.2 Å². The fourth-order valence-electron chi connectivity index (χ4n) is 2.79. The van der Waals surface area contributed by atoms with E-state index >= 15 is 0 Å². The maximum atomic E-state index is 12.1. The van der Waals surface area contributed by atoms with Crippen LogP contribution in [0.2, 0.25) is 0 Å². The molecule has 0 unspecified atom stereocenters. The normalized spacial score (nSPS) is 15.7. The molecule has 1 fully saturated rings. The molecule has 1 aromatic carbocycles. The minimum absolute atomic E-state index is 0.0153. The Hall–Kier alpha value is -1.75. The number of rotatable bonds is 6. The van der Waals surface area contributed by atoms with Crippen molar-refractivity contribution in [1.29, 1.82) is 0 Å². The topological polar surface area (TPSA) is 44.8 Å². The highest BCUT2D eigenvalue weighted by Gasteiger charge is 2.19. The van der Waals surface area contributed by atoms with E-state index < -0.39 is 0 Å². The molecule has 2 amide bonds. The number of nitrogens with one attached hydrogen (secondary N) is 1. The molecule has 0 radical (unpaired) electrons. The second kappa shape index (κ2) is 8.77. The van der Waals surface area contributed by atoms with E-state index in [-0.39, 0.29) is 6.03 Å². The molecule has 1 aliphatic heterocycles. The zero-order valence-electron chi connectivity index (χ0n) is 14.5. The Morgan fingerprint density at radius 1 is 1.22 bits per heavy atom. The summed E-state index contributed by atoms with van der Waals surface area (Å²) in [5, 5.41) is 2.95. The number of carbonyl (C=O) groups is 1. The quantitative estimate of drug-likeness (QED) is 0.820. The maximum Gasteiger partial charge on any atom is 0.317 e. The Morgan fingerprint density at radius 3 is 2.57 bits per heavy atom. The van der Waals surface area contributed by atoms with E-state index in [0.717, 1.165) is 38.5 Å². The van der Waals surface area contributed by atoms with Gasteiger partial charge in [-0.2, -0.15) is 0 Å². The summed E-state index contributed by atoms with van der Waals surface area (Å²) in [5.74, 6) is 1.34. The molecule has 128 valence electrons. The van der Waals surface area contributed by atoms with Crippen molar-refractivity contribution < 1.29 is 9.53 Å². The van der Waals surface area contributed by atoms with Crippen LogP contribution in [0, 0.1) is 0 Å². The van der Waals surface area contributed by atoms with E-state index in [1.165, 1.54) is 5.56 Å². The van der Waals surface area contributed by atoms with Gasteiger partial charge in [0.25, 0.3) is 0 Å². The van der Waals surface area contributed by atoms with Crippen molar-refractivity contribution >= 4 is 6.03 Å². The Kier molecular flexibility index (Phi) is 6.71. The number of likely N-dealkylation sites (N-methyl/N-ethyl adjacent to an activating group) is 1. The molecule has 1 N–H and O–H groups in total. The van der Waals surface area contributed by atoms with Crippen molar-refractivity contribution in [3.8, 4) is 5.75 Å². The van der Waals surface area contributed by atoms with Gasteiger partial charge in [0.15, 0.2) is 0 Å². The minimum Gasteiger partial charge on any atom is -0.491 e. The molecule has 0 saturated carbocycles. The summed E-state index contributed by atoms with van der Waals surface area (Å²) in [6.45, 7) is 12.1. The number of amides is 2. The first kappa shape index (κ1) is 17.6. The van der Waals surface area contributed by atoms with Gasteiger partial charge in [-0.05, 0) is 24.1 Å². The molecule has 1 heterocycles. The van der Waals surface area contributed by atoms with Gasteiger partial charge < -0.3 is 19.9 Å². The molecular formula is C18H29N3O2. The van der Waals surface area contributed by atoms with Crippen molar-refractivity contribution in [1.82, 2.24) is 15.1 Å². The van der Waals surface area contributed by atoms with Crippen LogP contribution in [0.5, 0.6) is 5.75 Å². The lowest BCUT2D eigenvalue weighted by Gasteiger charge is -2.33. The second-order valence-corrected chi connectivity index (χ2v) is 6.19. The number of carbonyl (C=O) groups excluding carboxylic acids is 1. The molecule has 0 spiro atoms. The molecule has 5 heteroatoms. The molecule has 0 aliphatic carbocycles. The van der Waals surface area contributed by atoms with E-state index in [4.69, 9.17) is 4.74 Å². The highest BCUT2D eigenvalue weighted by Crippen LogP contribution is 2.25. The van der Waals surface area contributed by atoms with Gasteiger partial charge in [0.1, 0.15) is 12.4 Å². The average molecular weight is 319 g/mol. The number of hydrogen-bond donors (Lipinski definition) is 1. The van der Waals surface area contributed by atoms with Crippen molar-refractivity contribution in [2.24, 2.45) is 0 Å². The largest absolute Gasteiger partial charge is 0.491 e. The molecule has 1 aromatic rings. The van der Waals surface area contributed by atoms with Gasteiger partial charge in [-0.1, -0.05) is 39.0 Å². The van der Waals surface area contributed by atoms with E-state index in [0.29, 0.717) is 19.1 Å². The Bertz CT molecular complexity index is 497. The second-order valence-electron chi connectivity index (χ2n) is 6.19. The average Bonchev–Trinajstić information content (AvgIpc) is 2.58. The van der Waals surface area contributed by atoms with Crippen LogP contribution in [-0.2, 0) is 0 Å². The van der Waals surface area contributed by atoms with E-state index in [2.05, 4.69) is 37.1 Å². The van der Waals surface area contributed by atoms with Crippen LogP contribution in [0.25, 0.3) is 0 Å². The molecular weight excluding hydrogens is 290 g/mol. The summed E-state index contributed by atoms with van der Waals surface area (Å²) in [4.78, 5) is 16.4. The van der Waals surface area contributed by atoms with Crippen LogP contribution in [-0.4, -0.2) is 61.7 Å². The number of ether oxygens (including phenoxy) is 1. The Balaban J connectivity index is 1.70. The molecule has 2 rings (SSSR count). The molecule has 5 nitrogen and oxygen atoms in total. The van der Waals surface area contributed by atoms with E-state index in [9.17, 15) is 4.79 Å². The van der Waals surface area contributed by atoms with Crippen LogP contribution in [0.3, 0.4) is 0 Å². The number of piperazine rings is 1. The number of benzene rings is 1. The fraction of sp³-hybridized carbons (Fsp3) is 0.611. The molecule has 0 aromatic heterocycles. The lowest BCUT2D eigenvalue weighted by molar-refractivity contribution is 0.142. The van der Waals surface area contributed by atoms with Gasteiger partial charge in [-0.15, -0.1) is 0 Å². The fourth-order valence-corrected chi connectivity index (χ4v) is 2.79. The van der Waals surface area contributed by atoms with Crippen molar-refractivity contribution in [2.75, 3.05) is 45.9 Å². The first-order valence-corrected chi connectivity index (χ1v) is 8.58. The van der Waals surface area contributed by atoms with Crippen LogP contribution >= 0.6 is 0 Å². The predicted octanol–water partition coefficient (Wildman–Crippen LogP) is 2.54. The third-order valence-electron chi connectivity index (χ3n) is 4.28. The first-order valence-electron chi connectivity index (χ1n) is 8.58. The summed E-state index contributed by atoms with van der Waals surface area (Å²) in [6.07, 6.45) is 0. The van der Waals surface area contributed by atoms with Crippen LogP contribution in [0.15, 0.2) is 24.3 Å². The summed E-state index contributed by atoms with van der Waals surface area (Å²) in [7, 11) is 0. The highest BCUT2D eigenvalue weighted by molar-refractivity contribution is 5.74. The smallest absolute Gasteiger partial charge is 0.317 e. The molecule has 1 aliphatic rings. The van der Waals surface area contributed by atoms with Crippen molar-refractivity contribution in [2.45, 2.75) is 26.7 Å². The predicted molar refractivity (Wildman–Crippen MR) is 93.1 cm³/mol. The monoisotopic (exact) mass is 319 g/mol. The van der Waals surface area contributed by atoms with Gasteiger partial charge >= 0.3 is 6.03 Å². The number of hydrogen-bond acceptors (Lipinski definition) is 3. The summed E-state index contributed by atoms with van der Waals surface area (Å²) >= 11 is 0. The van der Waals surface area contributed by atoms with Gasteiger partial charge in [-0.3, -0.25) is 0 Å². The van der Waals surface area contributed by atoms with Crippen LogP contribution < -0.4 is 10.1 Å². The maximum absolute atomic E-state index is 12.1. The highest BCUT2D eigenvalue weighted by atomic mass is 16.5. The van der Waals surface area contributed by atoms with Crippen molar-refractivity contribution in [3.63, 3.8) is 0 Å². The first-order chi connectivity index (χ1) is 11.1.